The van der Waals surface area contributed by atoms with Crippen LogP contribution in [0.1, 0.15) is 40.5 Å². The van der Waals surface area contributed by atoms with E-state index in [0.717, 1.165) is 12.8 Å². The maximum Gasteiger partial charge on any atom is 0.259 e. The van der Waals surface area contributed by atoms with Gasteiger partial charge >= 0.3 is 0 Å². The number of fused-ring (bicyclic) bond motifs is 1. The molecule has 1 N–H and O–H groups in total. The van der Waals surface area contributed by atoms with Gasteiger partial charge in [-0.3, -0.25) is 14.9 Å². The first-order valence-corrected chi connectivity index (χ1v) is 5.89. The lowest BCUT2D eigenvalue weighted by Crippen LogP contribution is -2.19. The molecule has 1 atom stereocenters. The molecule has 4 heteroatoms. The van der Waals surface area contributed by atoms with E-state index in [1.54, 1.807) is 18.2 Å². The summed E-state index contributed by atoms with van der Waals surface area (Å²) in [7, 11) is 0. The fourth-order valence-corrected chi connectivity index (χ4v) is 1.86. The third-order valence-corrected chi connectivity index (χ3v) is 2.82. The monoisotopic (exact) mass is 245 g/mol. The lowest BCUT2D eigenvalue weighted by molar-refractivity contribution is 0.0879. The number of carbonyl (C=O) groups is 2. The largest absolute Gasteiger partial charge is 0.491 e. The highest BCUT2D eigenvalue weighted by Gasteiger charge is 2.26. The van der Waals surface area contributed by atoms with Gasteiger partial charge in [0.25, 0.3) is 11.8 Å². The van der Waals surface area contributed by atoms with Crippen LogP contribution >= 0.6 is 0 Å². The Hall–Kier alpha value is -2.10. The van der Waals surface area contributed by atoms with E-state index in [0.29, 0.717) is 16.9 Å². The van der Waals surface area contributed by atoms with Gasteiger partial charge in [0.1, 0.15) is 5.75 Å². The Bertz CT molecular complexity index is 508. The molecule has 2 rings (SSSR count). The van der Waals surface area contributed by atoms with Crippen molar-refractivity contribution < 1.29 is 14.3 Å². The first-order chi connectivity index (χ1) is 8.61. The second-order valence-electron chi connectivity index (χ2n) is 4.29. The maximum absolute atomic E-state index is 11.5. The van der Waals surface area contributed by atoms with Crippen LogP contribution in [0.2, 0.25) is 0 Å². The van der Waals surface area contributed by atoms with E-state index < -0.39 is 0 Å². The van der Waals surface area contributed by atoms with Gasteiger partial charge in [-0.1, -0.05) is 6.08 Å². The molecule has 0 bridgehead atoms. The van der Waals surface area contributed by atoms with Crippen molar-refractivity contribution in [1.82, 2.24) is 5.32 Å². The lowest BCUT2D eigenvalue weighted by atomic mass is 10.1. The molecule has 1 aliphatic heterocycles. The van der Waals surface area contributed by atoms with Gasteiger partial charge in [0.05, 0.1) is 17.2 Å². The molecule has 1 heterocycles. The highest BCUT2D eigenvalue weighted by atomic mass is 16.5. The normalized spacial score (nSPS) is 14.9. The summed E-state index contributed by atoms with van der Waals surface area (Å²) in [5.74, 6) is -0.101. The second kappa shape index (κ2) is 5.04. The Labute approximate surface area is 106 Å². The Morgan fingerprint density at radius 2 is 2.06 bits per heavy atom. The van der Waals surface area contributed by atoms with Crippen molar-refractivity contribution in [1.29, 1.82) is 0 Å². The summed E-state index contributed by atoms with van der Waals surface area (Å²) in [6, 6.07) is 4.94. The molecule has 1 aromatic carbocycles. The van der Waals surface area contributed by atoms with Crippen molar-refractivity contribution in [3.8, 4) is 5.75 Å². The number of imide groups is 1. The van der Waals surface area contributed by atoms with E-state index in [-0.39, 0.29) is 17.9 Å². The molecule has 1 aliphatic rings. The van der Waals surface area contributed by atoms with Gasteiger partial charge in [-0.25, -0.2) is 0 Å². The van der Waals surface area contributed by atoms with Gasteiger partial charge in [-0.15, -0.1) is 6.58 Å². The number of hydrogen-bond donors (Lipinski definition) is 1. The summed E-state index contributed by atoms with van der Waals surface area (Å²) in [6.45, 7) is 5.62. The summed E-state index contributed by atoms with van der Waals surface area (Å²) in [6.07, 6.45) is 3.63. The number of ether oxygens (including phenoxy) is 1. The number of carbonyl (C=O) groups excluding carboxylic acids is 2. The predicted molar refractivity (Wildman–Crippen MR) is 67.8 cm³/mol. The van der Waals surface area contributed by atoms with Crippen LogP contribution in [0.4, 0.5) is 0 Å². The van der Waals surface area contributed by atoms with Crippen molar-refractivity contribution in [3.05, 3.63) is 42.0 Å². The van der Waals surface area contributed by atoms with Crippen molar-refractivity contribution in [2.24, 2.45) is 0 Å². The molecule has 94 valence electrons. The number of nitrogens with one attached hydrogen (secondary N) is 1. The van der Waals surface area contributed by atoms with Crippen molar-refractivity contribution in [2.75, 3.05) is 0 Å². The fraction of sp³-hybridized carbons (Fsp3) is 0.286. The van der Waals surface area contributed by atoms with Crippen LogP contribution in [-0.4, -0.2) is 17.9 Å². The molecule has 0 aliphatic carbocycles. The van der Waals surface area contributed by atoms with E-state index in [9.17, 15) is 9.59 Å². The molecule has 0 saturated carbocycles. The van der Waals surface area contributed by atoms with Crippen molar-refractivity contribution in [2.45, 2.75) is 25.9 Å². The maximum atomic E-state index is 11.5. The molecular formula is C14H15NO3. The molecule has 0 fully saturated rings. The zero-order valence-corrected chi connectivity index (χ0v) is 10.2. The number of benzene rings is 1. The van der Waals surface area contributed by atoms with E-state index in [1.807, 2.05) is 13.0 Å². The van der Waals surface area contributed by atoms with E-state index in [4.69, 9.17) is 4.74 Å². The van der Waals surface area contributed by atoms with Crippen LogP contribution in [0, 0.1) is 0 Å². The van der Waals surface area contributed by atoms with Gasteiger partial charge in [0.2, 0.25) is 0 Å². The van der Waals surface area contributed by atoms with E-state index in [2.05, 4.69) is 11.9 Å². The molecule has 0 radical (unpaired) electrons. The summed E-state index contributed by atoms with van der Waals surface area (Å²) in [5, 5.41) is 2.25. The quantitative estimate of drug-likeness (QED) is 0.639. The minimum Gasteiger partial charge on any atom is -0.491 e. The third-order valence-electron chi connectivity index (χ3n) is 2.82. The van der Waals surface area contributed by atoms with Crippen molar-refractivity contribution >= 4 is 11.8 Å². The second-order valence-corrected chi connectivity index (χ2v) is 4.29. The Morgan fingerprint density at radius 3 is 2.78 bits per heavy atom. The van der Waals surface area contributed by atoms with Crippen LogP contribution in [0.15, 0.2) is 30.9 Å². The van der Waals surface area contributed by atoms with E-state index in [1.165, 1.54) is 0 Å². The average molecular weight is 245 g/mol. The number of amides is 2. The highest BCUT2D eigenvalue weighted by Crippen LogP contribution is 2.23. The molecule has 0 aromatic heterocycles. The zero-order chi connectivity index (χ0) is 13.1. The Morgan fingerprint density at radius 1 is 1.33 bits per heavy atom. The fourth-order valence-electron chi connectivity index (χ4n) is 1.86. The van der Waals surface area contributed by atoms with E-state index >= 15 is 0 Å². The first-order valence-electron chi connectivity index (χ1n) is 5.89. The molecular weight excluding hydrogens is 230 g/mol. The Balaban J connectivity index is 2.12. The molecule has 2 amide bonds. The summed E-state index contributed by atoms with van der Waals surface area (Å²) in [5.41, 5.74) is 0.791. The van der Waals surface area contributed by atoms with Gasteiger partial charge < -0.3 is 4.74 Å². The highest BCUT2D eigenvalue weighted by molar-refractivity contribution is 6.21. The lowest BCUT2D eigenvalue weighted by Gasteiger charge is -2.14. The molecule has 4 nitrogen and oxygen atoms in total. The number of rotatable bonds is 5. The minimum atomic E-state index is -0.362. The molecule has 0 unspecified atom stereocenters. The zero-order valence-electron chi connectivity index (χ0n) is 10.2. The van der Waals surface area contributed by atoms with Crippen LogP contribution < -0.4 is 10.1 Å². The summed E-state index contributed by atoms with van der Waals surface area (Å²) < 4.78 is 5.69. The van der Waals surface area contributed by atoms with Crippen LogP contribution in [0.5, 0.6) is 5.75 Å². The molecule has 18 heavy (non-hydrogen) atoms. The summed E-state index contributed by atoms with van der Waals surface area (Å²) in [4.78, 5) is 22.9. The molecule has 0 saturated heterocycles. The van der Waals surface area contributed by atoms with Gasteiger partial charge in [0.15, 0.2) is 0 Å². The van der Waals surface area contributed by atoms with Crippen molar-refractivity contribution in [3.63, 3.8) is 0 Å². The number of hydrogen-bond acceptors (Lipinski definition) is 3. The minimum absolute atomic E-state index is 0.0428. The van der Waals surface area contributed by atoms with Gasteiger partial charge in [-0.05, 0) is 38.0 Å². The predicted octanol–water partition coefficient (Wildman–Crippen LogP) is 2.30. The van der Waals surface area contributed by atoms with Crippen LogP contribution in [0.3, 0.4) is 0 Å². The first kappa shape index (κ1) is 12.4. The van der Waals surface area contributed by atoms with Gasteiger partial charge in [-0.2, -0.15) is 0 Å². The third kappa shape index (κ3) is 2.42. The van der Waals surface area contributed by atoms with Gasteiger partial charge in [0, 0.05) is 0 Å². The SMILES string of the molecule is C=CCC[C@H](C)Oc1ccc2c(c1)C(=O)NC2=O. The van der Waals surface area contributed by atoms with Crippen LogP contribution in [0.25, 0.3) is 0 Å². The smallest absolute Gasteiger partial charge is 0.259 e. The average Bonchev–Trinajstić information content (AvgIpc) is 2.62. The number of allylic oxidation sites excluding steroid dienone is 1. The summed E-state index contributed by atoms with van der Waals surface area (Å²) >= 11 is 0. The van der Waals surface area contributed by atoms with Crippen LogP contribution in [-0.2, 0) is 0 Å². The topological polar surface area (TPSA) is 55.4 Å². The Kier molecular flexibility index (Phi) is 3.46. The standard InChI is InChI=1S/C14H15NO3/c1-3-4-5-9(2)18-10-6-7-11-12(8-10)14(17)15-13(11)16/h3,6-9H,1,4-5H2,2H3,(H,15,16,17)/t9-/m0/s1. The molecule has 1 aromatic rings. The molecule has 0 spiro atoms.